The van der Waals surface area contributed by atoms with Gasteiger partial charge in [0.1, 0.15) is 0 Å². The lowest BCUT2D eigenvalue weighted by molar-refractivity contribution is -0.142. The number of amides is 3. The Labute approximate surface area is 179 Å². The molecule has 1 aromatic rings. The molecule has 6 nitrogen and oxygen atoms in total. The highest BCUT2D eigenvalue weighted by Crippen LogP contribution is 2.45. The molecule has 162 valence electrons. The summed E-state index contributed by atoms with van der Waals surface area (Å²) in [6.45, 7) is 7.54. The van der Waals surface area contributed by atoms with Crippen LogP contribution in [0.25, 0.3) is 0 Å². The number of benzene rings is 1. The predicted octanol–water partition coefficient (Wildman–Crippen LogP) is 2.54. The summed E-state index contributed by atoms with van der Waals surface area (Å²) in [6, 6.07) is 10.5. The van der Waals surface area contributed by atoms with E-state index in [1.165, 1.54) is 5.56 Å². The second-order valence-electron chi connectivity index (χ2n) is 10.1. The summed E-state index contributed by atoms with van der Waals surface area (Å²) >= 11 is 0. The molecule has 0 bridgehead atoms. The number of hydrogen-bond donors (Lipinski definition) is 1. The van der Waals surface area contributed by atoms with Crippen LogP contribution in [0.3, 0.4) is 0 Å². The van der Waals surface area contributed by atoms with Gasteiger partial charge in [0.25, 0.3) is 0 Å². The molecular formula is C24H33N3O3. The molecule has 1 saturated carbocycles. The average Bonchev–Trinajstić information content (AvgIpc) is 3.44. The second kappa shape index (κ2) is 8.05. The van der Waals surface area contributed by atoms with Crippen molar-refractivity contribution in [2.75, 3.05) is 19.6 Å². The first-order valence-corrected chi connectivity index (χ1v) is 11.2. The highest BCUT2D eigenvalue weighted by atomic mass is 16.2. The zero-order valence-electron chi connectivity index (χ0n) is 18.3. The minimum absolute atomic E-state index is 0.0172. The third-order valence-corrected chi connectivity index (χ3v) is 6.61. The second-order valence-corrected chi connectivity index (χ2v) is 10.1. The standard InChI is InChI=1S/C24H33N3O3/c1-24(2,3)23(30)26-11-7-10-17(14-26)22(29)25-18-12-21(28)27(15-18)20-13-19(20)16-8-5-4-6-9-16/h4-6,8-9,17-20H,7,10-15H2,1-3H3,(H,25,29)/t17-,18+,19+,20-/m0/s1. The van der Waals surface area contributed by atoms with Crippen LogP contribution < -0.4 is 5.32 Å². The number of nitrogens with zero attached hydrogens (tertiary/aromatic N) is 2. The van der Waals surface area contributed by atoms with Gasteiger partial charge in [-0.2, -0.15) is 0 Å². The highest BCUT2D eigenvalue weighted by molar-refractivity contribution is 5.85. The molecule has 6 heteroatoms. The maximum Gasteiger partial charge on any atom is 0.227 e. The first kappa shape index (κ1) is 20.9. The minimum atomic E-state index is -0.434. The van der Waals surface area contributed by atoms with Crippen molar-refractivity contribution in [2.45, 2.75) is 64.5 Å². The van der Waals surface area contributed by atoms with Crippen molar-refractivity contribution < 1.29 is 14.4 Å². The Morgan fingerprint density at radius 3 is 2.53 bits per heavy atom. The monoisotopic (exact) mass is 411 g/mol. The summed E-state index contributed by atoms with van der Waals surface area (Å²) < 4.78 is 0. The third-order valence-electron chi connectivity index (χ3n) is 6.61. The maximum absolute atomic E-state index is 12.9. The number of piperidine rings is 1. The van der Waals surface area contributed by atoms with Crippen LogP contribution in [-0.4, -0.2) is 59.2 Å². The van der Waals surface area contributed by atoms with Crippen LogP contribution in [0.15, 0.2) is 30.3 Å². The van der Waals surface area contributed by atoms with Gasteiger partial charge in [-0.25, -0.2) is 0 Å². The highest BCUT2D eigenvalue weighted by Gasteiger charge is 2.48. The van der Waals surface area contributed by atoms with Crippen molar-refractivity contribution in [3.05, 3.63) is 35.9 Å². The zero-order valence-corrected chi connectivity index (χ0v) is 18.3. The van der Waals surface area contributed by atoms with Gasteiger partial charge in [-0.1, -0.05) is 51.1 Å². The lowest BCUT2D eigenvalue weighted by Gasteiger charge is -2.36. The van der Waals surface area contributed by atoms with Crippen LogP contribution in [0, 0.1) is 11.3 Å². The molecule has 3 amide bonds. The Morgan fingerprint density at radius 2 is 1.83 bits per heavy atom. The molecule has 4 rings (SSSR count). The summed E-state index contributed by atoms with van der Waals surface area (Å²) in [5, 5.41) is 3.11. The van der Waals surface area contributed by atoms with Gasteiger partial charge in [0.15, 0.2) is 0 Å². The fraction of sp³-hybridized carbons (Fsp3) is 0.625. The molecule has 2 aliphatic heterocycles. The molecule has 0 aromatic heterocycles. The van der Waals surface area contributed by atoms with E-state index >= 15 is 0 Å². The molecule has 1 N–H and O–H groups in total. The number of hydrogen-bond acceptors (Lipinski definition) is 3. The summed E-state index contributed by atoms with van der Waals surface area (Å²) in [5.74, 6) is 0.448. The number of carbonyl (C=O) groups excluding carboxylic acids is 3. The fourth-order valence-electron chi connectivity index (χ4n) is 4.90. The van der Waals surface area contributed by atoms with Crippen LogP contribution in [0.4, 0.5) is 0 Å². The first-order valence-electron chi connectivity index (χ1n) is 11.2. The summed E-state index contributed by atoms with van der Waals surface area (Å²) in [4.78, 5) is 41.8. The Morgan fingerprint density at radius 1 is 1.10 bits per heavy atom. The van der Waals surface area contributed by atoms with Gasteiger partial charge in [0, 0.05) is 43.4 Å². The van der Waals surface area contributed by atoms with Gasteiger partial charge in [-0.3, -0.25) is 14.4 Å². The molecule has 0 radical (unpaired) electrons. The van der Waals surface area contributed by atoms with Crippen molar-refractivity contribution in [1.29, 1.82) is 0 Å². The zero-order chi connectivity index (χ0) is 21.5. The molecule has 4 atom stereocenters. The first-order chi connectivity index (χ1) is 14.2. The van der Waals surface area contributed by atoms with E-state index in [1.54, 1.807) is 0 Å². The Kier molecular flexibility index (Phi) is 5.60. The van der Waals surface area contributed by atoms with E-state index in [0.717, 1.165) is 25.8 Å². The van der Waals surface area contributed by atoms with Crippen molar-refractivity contribution >= 4 is 17.7 Å². The van der Waals surface area contributed by atoms with Gasteiger partial charge in [0.05, 0.1) is 12.0 Å². The molecule has 1 aromatic carbocycles. The van der Waals surface area contributed by atoms with Crippen LogP contribution in [0.1, 0.15) is 57.9 Å². The molecule has 30 heavy (non-hydrogen) atoms. The maximum atomic E-state index is 12.9. The number of carbonyl (C=O) groups is 3. The van der Waals surface area contributed by atoms with E-state index in [0.29, 0.717) is 25.4 Å². The molecule has 3 fully saturated rings. The molecule has 0 unspecified atom stereocenters. The van der Waals surface area contributed by atoms with E-state index in [-0.39, 0.29) is 35.7 Å². The van der Waals surface area contributed by atoms with Crippen molar-refractivity contribution in [1.82, 2.24) is 15.1 Å². The van der Waals surface area contributed by atoms with Crippen LogP contribution in [-0.2, 0) is 14.4 Å². The van der Waals surface area contributed by atoms with Crippen molar-refractivity contribution in [2.24, 2.45) is 11.3 Å². The van der Waals surface area contributed by atoms with Gasteiger partial charge >= 0.3 is 0 Å². The Hall–Kier alpha value is -2.37. The fourth-order valence-corrected chi connectivity index (χ4v) is 4.90. The van der Waals surface area contributed by atoms with Crippen molar-refractivity contribution in [3.63, 3.8) is 0 Å². The lowest BCUT2D eigenvalue weighted by atomic mass is 9.91. The lowest BCUT2D eigenvalue weighted by Crippen LogP contribution is -2.50. The van der Waals surface area contributed by atoms with Crippen LogP contribution >= 0.6 is 0 Å². The molecular weight excluding hydrogens is 378 g/mol. The van der Waals surface area contributed by atoms with Crippen LogP contribution in [0.5, 0.6) is 0 Å². The number of likely N-dealkylation sites (tertiary alicyclic amines) is 2. The van der Waals surface area contributed by atoms with E-state index in [4.69, 9.17) is 0 Å². The molecule has 0 spiro atoms. The minimum Gasteiger partial charge on any atom is -0.351 e. The summed E-state index contributed by atoms with van der Waals surface area (Å²) in [6.07, 6.45) is 3.02. The Bertz CT molecular complexity index is 817. The summed E-state index contributed by atoms with van der Waals surface area (Å²) in [7, 11) is 0. The number of rotatable bonds is 4. The number of nitrogens with one attached hydrogen (secondary N) is 1. The largest absolute Gasteiger partial charge is 0.351 e. The molecule has 1 aliphatic carbocycles. The summed E-state index contributed by atoms with van der Waals surface area (Å²) in [5.41, 5.74) is 0.852. The average molecular weight is 412 g/mol. The van der Waals surface area contributed by atoms with E-state index < -0.39 is 5.41 Å². The topological polar surface area (TPSA) is 69.7 Å². The third kappa shape index (κ3) is 4.37. The van der Waals surface area contributed by atoms with E-state index in [2.05, 4.69) is 17.4 Å². The smallest absolute Gasteiger partial charge is 0.227 e. The SMILES string of the molecule is CC(C)(C)C(=O)N1CCC[C@H](C(=O)N[C@@H]2CC(=O)N([C@H]3C[C@@H]3c3ccccc3)C2)C1. The van der Waals surface area contributed by atoms with E-state index in [9.17, 15) is 14.4 Å². The molecule has 2 heterocycles. The van der Waals surface area contributed by atoms with Crippen LogP contribution in [0.2, 0.25) is 0 Å². The quantitative estimate of drug-likeness (QED) is 0.828. The van der Waals surface area contributed by atoms with Gasteiger partial charge in [-0.05, 0) is 24.8 Å². The van der Waals surface area contributed by atoms with E-state index in [1.807, 2.05) is 48.8 Å². The van der Waals surface area contributed by atoms with Gasteiger partial charge in [0.2, 0.25) is 17.7 Å². The van der Waals surface area contributed by atoms with Crippen molar-refractivity contribution in [3.8, 4) is 0 Å². The normalized spacial score (nSPS) is 29.1. The molecule has 3 aliphatic rings. The van der Waals surface area contributed by atoms with Gasteiger partial charge in [-0.15, -0.1) is 0 Å². The Balaban J connectivity index is 1.30. The van der Waals surface area contributed by atoms with Gasteiger partial charge < -0.3 is 15.1 Å². The predicted molar refractivity (Wildman–Crippen MR) is 115 cm³/mol. The molecule has 2 saturated heterocycles.